The van der Waals surface area contributed by atoms with E-state index in [1.54, 1.807) is 60.7 Å². The summed E-state index contributed by atoms with van der Waals surface area (Å²) in [6, 6.07) is 25.4. The number of halogens is 1. The lowest BCUT2D eigenvalue weighted by Gasteiger charge is -2.15. The number of urea groups is 1. The van der Waals surface area contributed by atoms with Crippen LogP contribution in [0.3, 0.4) is 0 Å². The molecule has 0 saturated heterocycles. The van der Waals surface area contributed by atoms with E-state index in [1.165, 1.54) is 0 Å². The first-order valence-electron chi connectivity index (χ1n) is 10.8. The molecule has 8 nitrogen and oxygen atoms in total. The minimum atomic E-state index is -0.628. The maximum absolute atomic E-state index is 12.5. The number of rotatable bonds is 7. The standard InChI is InChI=1S/C26H22ClN5O3/c27-19-11-5-4-10-18(19)20(28)16-25(33)35-23-13-7-6-12-22(23)29-26(34)30-24-15-14-21(31-32-24)17-8-2-1-3-9-17/h1-15,20H,16,28H2,(H2,29,30,32,34). The highest BCUT2D eigenvalue weighted by atomic mass is 35.5. The van der Waals surface area contributed by atoms with Gasteiger partial charge in [-0.3, -0.25) is 10.1 Å². The fourth-order valence-corrected chi connectivity index (χ4v) is 3.60. The molecule has 4 N–H and O–H groups in total. The number of nitrogens with zero attached hydrogens (tertiary/aromatic N) is 2. The summed E-state index contributed by atoms with van der Waals surface area (Å²) in [4.78, 5) is 25.0. The van der Waals surface area contributed by atoms with Crippen LogP contribution in [0.25, 0.3) is 11.3 Å². The third-order valence-corrected chi connectivity index (χ3v) is 5.37. The molecule has 1 aromatic heterocycles. The van der Waals surface area contributed by atoms with Gasteiger partial charge in [-0.15, -0.1) is 10.2 Å². The van der Waals surface area contributed by atoms with Crippen molar-refractivity contribution in [2.45, 2.75) is 12.5 Å². The SMILES string of the molecule is NC(CC(=O)Oc1ccccc1NC(=O)Nc1ccc(-c2ccccc2)nn1)c1ccccc1Cl. The molecule has 176 valence electrons. The van der Waals surface area contributed by atoms with Crippen molar-refractivity contribution < 1.29 is 14.3 Å². The first-order chi connectivity index (χ1) is 17.0. The van der Waals surface area contributed by atoms with Gasteiger partial charge in [0.1, 0.15) is 0 Å². The molecule has 2 amide bonds. The normalized spacial score (nSPS) is 11.4. The van der Waals surface area contributed by atoms with Gasteiger partial charge in [-0.1, -0.05) is 72.3 Å². The fourth-order valence-electron chi connectivity index (χ4n) is 3.32. The van der Waals surface area contributed by atoms with Crippen molar-refractivity contribution in [1.29, 1.82) is 0 Å². The summed E-state index contributed by atoms with van der Waals surface area (Å²) in [5.41, 5.74) is 8.68. The molecule has 0 radical (unpaired) electrons. The molecular weight excluding hydrogens is 466 g/mol. The zero-order valence-electron chi connectivity index (χ0n) is 18.5. The third-order valence-electron chi connectivity index (χ3n) is 5.03. The highest BCUT2D eigenvalue weighted by Gasteiger charge is 2.18. The monoisotopic (exact) mass is 487 g/mol. The molecule has 9 heteroatoms. The number of amides is 2. The second-order valence-electron chi connectivity index (χ2n) is 7.55. The minimum Gasteiger partial charge on any atom is -0.424 e. The Labute approximate surface area is 207 Å². The van der Waals surface area contributed by atoms with E-state index in [0.29, 0.717) is 22.0 Å². The van der Waals surface area contributed by atoms with E-state index in [4.69, 9.17) is 22.1 Å². The van der Waals surface area contributed by atoms with Gasteiger partial charge in [0.05, 0.1) is 17.8 Å². The lowest BCUT2D eigenvalue weighted by atomic mass is 10.1. The Hall–Kier alpha value is -4.27. The Kier molecular flexibility index (Phi) is 7.67. The van der Waals surface area contributed by atoms with Crippen molar-refractivity contribution in [1.82, 2.24) is 10.2 Å². The summed E-state index contributed by atoms with van der Waals surface area (Å²) in [5, 5.41) is 13.9. The Balaban J connectivity index is 1.37. The molecular formula is C26H22ClN5O3. The van der Waals surface area contributed by atoms with E-state index >= 15 is 0 Å². The topological polar surface area (TPSA) is 119 Å². The summed E-state index contributed by atoms with van der Waals surface area (Å²) in [5.74, 6) is -0.110. The molecule has 0 aliphatic carbocycles. The maximum atomic E-state index is 12.5. The second-order valence-corrected chi connectivity index (χ2v) is 7.96. The summed E-state index contributed by atoms with van der Waals surface area (Å²) < 4.78 is 5.46. The molecule has 4 rings (SSSR count). The molecule has 0 aliphatic rings. The van der Waals surface area contributed by atoms with E-state index < -0.39 is 18.0 Å². The van der Waals surface area contributed by atoms with Crippen molar-refractivity contribution in [2.75, 3.05) is 10.6 Å². The van der Waals surface area contributed by atoms with Gasteiger partial charge in [0.25, 0.3) is 0 Å². The van der Waals surface area contributed by atoms with Gasteiger partial charge in [-0.25, -0.2) is 4.79 Å². The average molecular weight is 488 g/mol. The number of hydrogen-bond acceptors (Lipinski definition) is 6. The number of esters is 1. The van der Waals surface area contributed by atoms with Crippen LogP contribution < -0.4 is 21.1 Å². The number of anilines is 2. The Morgan fingerprint density at radius 1 is 0.857 bits per heavy atom. The zero-order valence-corrected chi connectivity index (χ0v) is 19.3. The molecule has 0 fully saturated rings. The number of nitrogens with two attached hydrogens (primary N) is 1. The fraction of sp³-hybridized carbons (Fsp3) is 0.0769. The van der Waals surface area contributed by atoms with E-state index in [1.807, 2.05) is 30.3 Å². The van der Waals surface area contributed by atoms with Gasteiger partial charge in [0.2, 0.25) is 0 Å². The zero-order chi connectivity index (χ0) is 24.6. The van der Waals surface area contributed by atoms with Crippen molar-refractivity contribution in [3.63, 3.8) is 0 Å². The predicted molar refractivity (Wildman–Crippen MR) is 135 cm³/mol. The summed E-state index contributed by atoms with van der Waals surface area (Å²) >= 11 is 6.16. The second kappa shape index (κ2) is 11.2. The molecule has 0 spiro atoms. The molecule has 4 aromatic rings. The van der Waals surface area contributed by atoms with Gasteiger partial charge < -0.3 is 15.8 Å². The van der Waals surface area contributed by atoms with Gasteiger partial charge in [0, 0.05) is 16.6 Å². The number of hydrogen-bond donors (Lipinski definition) is 3. The van der Waals surface area contributed by atoms with E-state index in [9.17, 15) is 9.59 Å². The van der Waals surface area contributed by atoms with E-state index in [0.717, 1.165) is 5.56 Å². The van der Waals surface area contributed by atoms with Crippen LogP contribution in [0.5, 0.6) is 5.75 Å². The van der Waals surface area contributed by atoms with E-state index in [-0.39, 0.29) is 18.0 Å². The van der Waals surface area contributed by atoms with Crippen LogP contribution >= 0.6 is 11.6 Å². The number of nitrogens with one attached hydrogen (secondary N) is 2. The summed E-state index contributed by atoms with van der Waals surface area (Å²) in [6.45, 7) is 0. The molecule has 1 atom stereocenters. The largest absolute Gasteiger partial charge is 0.424 e. The molecule has 0 aliphatic heterocycles. The highest BCUT2D eigenvalue weighted by molar-refractivity contribution is 6.31. The molecule has 0 saturated carbocycles. The number of para-hydroxylation sites is 2. The van der Waals surface area contributed by atoms with Crippen molar-refractivity contribution in [3.8, 4) is 17.0 Å². The smallest absolute Gasteiger partial charge is 0.325 e. The third kappa shape index (κ3) is 6.41. The first-order valence-corrected chi connectivity index (χ1v) is 11.1. The van der Waals surface area contributed by atoms with E-state index in [2.05, 4.69) is 20.8 Å². The van der Waals surface area contributed by atoms with Crippen LogP contribution in [-0.2, 0) is 4.79 Å². The average Bonchev–Trinajstić information content (AvgIpc) is 2.86. The van der Waals surface area contributed by atoms with Crippen molar-refractivity contribution >= 4 is 35.1 Å². The Morgan fingerprint density at radius 3 is 2.31 bits per heavy atom. The van der Waals surface area contributed by atoms with Gasteiger partial charge >= 0.3 is 12.0 Å². The van der Waals surface area contributed by atoms with Crippen molar-refractivity contribution in [2.24, 2.45) is 5.73 Å². The number of aromatic nitrogens is 2. The summed E-state index contributed by atoms with van der Waals surface area (Å²) in [6.07, 6.45) is -0.0897. The molecule has 1 unspecified atom stereocenters. The quantitative estimate of drug-likeness (QED) is 0.236. The Morgan fingerprint density at radius 2 is 1.57 bits per heavy atom. The van der Waals surface area contributed by atoms with Crippen LogP contribution in [0.4, 0.5) is 16.3 Å². The van der Waals surface area contributed by atoms with Gasteiger partial charge in [-0.05, 0) is 35.9 Å². The molecule has 1 heterocycles. The number of carbonyl (C=O) groups is 2. The lowest BCUT2D eigenvalue weighted by Crippen LogP contribution is -2.22. The van der Waals surface area contributed by atoms with Crippen LogP contribution in [0.1, 0.15) is 18.0 Å². The lowest BCUT2D eigenvalue weighted by molar-refractivity contribution is -0.134. The Bertz CT molecular complexity index is 1320. The predicted octanol–water partition coefficient (Wildman–Crippen LogP) is 5.44. The highest BCUT2D eigenvalue weighted by Crippen LogP contribution is 2.27. The summed E-state index contributed by atoms with van der Waals surface area (Å²) in [7, 11) is 0. The maximum Gasteiger partial charge on any atom is 0.325 e. The number of benzene rings is 3. The van der Waals surface area contributed by atoms with Crippen LogP contribution in [-0.4, -0.2) is 22.2 Å². The van der Waals surface area contributed by atoms with Crippen LogP contribution in [0.2, 0.25) is 5.02 Å². The molecule has 0 bridgehead atoms. The molecule has 3 aromatic carbocycles. The minimum absolute atomic E-state index is 0.0897. The number of carbonyl (C=O) groups excluding carboxylic acids is 2. The molecule has 35 heavy (non-hydrogen) atoms. The van der Waals surface area contributed by atoms with Crippen molar-refractivity contribution in [3.05, 3.63) is 102 Å². The number of ether oxygens (including phenoxy) is 1. The van der Waals surface area contributed by atoms with Crippen LogP contribution in [0, 0.1) is 0 Å². The van der Waals surface area contributed by atoms with Gasteiger partial charge in [-0.2, -0.15) is 0 Å². The first kappa shape index (κ1) is 23.9. The van der Waals surface area contributed by atoms with Gasteiger partial charge in [0.15, 0.2) is 11.6 Å². The van der Waals surface area contributed by atoms with Crippen LogP contribution in [0.15, 0.2) is 91.0 Å².